The SMILES string of the molecule is COc1cccc(-c2nnc(SCCCC(=O)N(CCc3ccccc3)Cc3ccccc3)n2-c2ccc(C)cc2)c1. The van der Waals surface area contributed by atoms with Gasteiger partial charge in [-0.05, 0) is 55.2 Å². The van der Waals surface area contributed by atoms with Gasteiger partial charge in [-0.15, -0.1) is 10.2 Å². The first-order valence-corrected chi connectivity index (χ1v) is 15.2. The molecule has 4 aromatic carbocycles. The largest absolute Gasteiger partial charge is 0.497 e. The lowest BCUT2D eigenvalue weighted by Crippen LogP contribution is -2.32. The maximum absolute atomic E-state index is 13.4. The summed E-state index contributed by atoms with van der Waals surface area (Å²) in [6, 6.07) is 36.8. The fourth-order valence-electron chi connectivity index (χ4n) is 4.79. The van der Waals surface area contributed by atoms with E-state index in [-0.39, 0.29) is 5.91 Å². The van der Waals surface area contributed by atoms with Crippen molar-refractivity contribution in [1.29, 1.82) is 0 Å². The minimum Gasteiger partial charge on any atom is -0.497 e. The van der Waals surface area contributed by atoms with Crippen molar-refractivity contribution in [3.8, 4) is 22.8 Å². The predicted molar refractivity (Wildman–Crippen MR) is 170 cm³/mol. The number of methoxy groups -OCH3 is 1. The Bertz CT molecular complexity index is 1570. The van der Waals surface area contributed by atoms with Crippen LogP contribution in [-0.4, -0.2) is 45.0 Å². The van der Waals surface area contributed by atoms with Gasteiger partial charge in [-0.1, -0.05) is 102 Å². The van der Waals surface area contributed by atoms with Crippen LogP contribution in [0.4, 0.5) is 0 Å². The fourth-order valence-corrected chi connectivity index (χ4v) is 5.68. The summed E-state index contributed by atoms with van der Waals surface area (Å²) in [7, 11) is 1.66. The molecule has 0 aliphatic heterocycles. The van der Waals surface area contributed by atoms with E-state index in [9.17, 15) is 4.79 Å². The second kappa shape index (κ2) is 14.5. The molecule has 0 fully saturated rings. The fraction of sp³-hybridized carbons (Fsp3) is 0.229. The van der Waals surface area contributed by atoms with Gasteiger partial charge in [0, 0.05) is 36.5 Å². The number of aromatic nitrogens is 3. The van der Waals surface area contributed by atoms with Crippen LogP contribution in [0.25, 0.3) is 17.1 Å². The molecule has 0 aliphatic rings. The molecule has 5 rings (SSSR count). The number of hydrogen-bond donors (Lipinski definition) is 0. The molecule has 0 unspecified atom stereocenters. The molecule has 1 aromatic heterocycles. The first kappa shape index (κ1) is 29.1. The number of carbonyl (C=O) groups excluding carboxylic acids is 1. The van der Waals surface area contributed by atoms with E-state index in [0.29, 0.717) is 19.5 Å². The average molecular weight is 577 g/mol. The molecule has 0 aliphatic carbocycles. The molecule has 5 aromatic rings. The number of carbonyl (C=O) groups is 1. The first-order chi connectivity index (χ1) is 20.6. The highest BCUT2D eigenvalue weighted by Crippen LogP contribution is 2.30. The van der Waals surface area contributed by atoms with Crippen molar-refractivity contribution in [2.24, 2.45) is 0 Å². The molecule has 1 amide bonds. The number of rotatable bonds is 13. The minimum atomic E-state index is 0.174. The molecule has 1 heterocycles. The van der Waals surface area contributed by atoms with Crippen molar-refractivity contribution >= 4 is 17.7 Å². The van der Waals surface area contributed by atoms with E-state index < -0.39 is 0 Å². The molecule has 0 saturated carbocycles. The highest BCUT2D eigenvalue weighted by molar-refractivity contribution is 7.99. The second-order valence-electron chi connectivity index (χ2n) is 10.2. The standard InChI is InChI=1S/C35H36N4O2S/c1-27-18-20-31(21-19-27)39-34(30-15-9-16-32(25-30)41-2)36-37-35(39)42-24-10-17-33(40)38(26-29-13-7-4-8-14-29)23-22-28-11-5-3-6-12-28/h3-9,11-16,18-21,25H,10,17,22-24,26H2,1-2H3. The number of amides is 1. The van der Waals surface area contributed by atoms with Crippen molar-refractivity contribution < 1.29 is 9.53 Å². The summed E-state index contributed by atoms with van der Waals surface area (Å²) in [5.41, 5.74) is 5.50. The van der Waals surface area contributed by atoms with Gasteiger partial charge in [0.1, 0.15) is 5.75 Å². The van der Waals surface area contributed by atoms with Crippen LogP contribution < -0.4 is 4.74 Å². The summed E-state index contributed by atoms with van der Waals surface area (Å²) in [5.74, 6) is 2.45. The van der Waals surface area contributed by atoms with Gasteiger partial charge >= 0.3 is 0 Å². The lowest BCUT2D eigenvalue weighted by molar-refractivity contribution is -0.131. The third-order valence-corrected chi connectivity index (χ3v) is 8.12. The van der Waals surface area contributed by atoms with Crippen molar-refractivity contribution in [1.82, 2.24) is 19.7 Å². The third-order valence-electron chi connectivity index (χ3n) is 7.10. The van der Waals surface area contributed by atoms with Gasteiger partial charge in [-0.25, -0.2) is 0 Å². The van der Waals surface area contributed by atoms with Crippen LogP contribution in [-0.2, 0) is 17.8 Å². The zero-order chi connectivity index (χ0) is 29.1. The summed E-state index contributed by atoms with van der Waals surface area (Å²) in [4.78, 5) is 15.4. The van der Waals surface area contributed by atoms with Gasteiger partial charge in [0.2, 0.25) is 5.91 Å². The van der Waals surface area contributed by atoms with E-state index >= 15 is 0 Å². The monoisotopic (exact) mass is 576 g/mol. The van der Waals surface area contributed by atoms with Gasteiger partial charge < -0.3 is 9.64 Å². The molecule has 0 radical (unpaired) electrons. The molecule has 0 bridgehead atoms. The topological polar surface area (TPSA) is 60.3 Å². The normalized spacial score (nSPS) is 10.9. The minimum absolute atomic E-state index is 0.174. The van der Waals surface area contributed by atoms with Crippen molar-refractivity contribution in [2.75, 3.05) is 19.4 Å². The van der Waals surface area contributed by atoms with Crippen LogP contribution in [0, 0.1) is 6.92 Å². The number of thioether (sulfide) groups is 1. The summed E-state index contributed by atoms with van der Waals surface area (Å²) < 4.78 is 7.53. The second-order valence-corrected chi connectivity index (χ2v) is 11.3. The molecule has 0 spiro atoms. The van der Waals surface area contributed by atoms with Gasteiger partial charge in [-0.3, -0.25) is 9.36 Å². The molecule has 0 N–H and O–H groups in total. The Balaban J connectivity index is 1.27. The summed E-state index contributed by atoms with van der Waals surface area (Å²) >= 11 is 1.63. The number of hydrogen-bond acceptors (Lipinski definition) is 5. The van der Waals surface area contributed by atoms with Crippen LogP contribution >= 0.6 is 11.8 Å². The number of nitrogens with zero attached hydrogens (tertiary/aromatic N) is 4. The summed E-state index contributed by atoms with van der Waals surface area (Å²) in [6.45, 7) is 3.38. The molecular formula is C35H36N4O2S. The third kappa shape index (κ3) is 7.68. The Kier molecular flexibility index (Phi) is 10.1. The Hall–Kier alpha value is -4.36. The Labute approximate surface area is 252 Å². The molecule has 214 valence electrons. The molecular weight excluding hydrogens is 540 g/mol. The van der Waals surface area contributed by atoms with Crippen LogP contribution in [0.1, 0.15) is 29.5 Å². The van der Waals surface area contributed by atoms with Crippen molar-refractivity contribution in [3.63, 3.8) is 0 Å². The van der Waals surface area contributed by atoms with Gasteiger partial charge in [0.05, 0.1) is 7.11 Å². The van der Waals surface area contributed by atoms with Crippen molar-refractivity contribution in [3.05, 3.63) is 126 Å². The lowest BCUT2D eigenvalue weighted by Gasteiger charge is -2.23. The predicted octanol–water partition coefficient (Wildman–Crippen LogP) is 7.40. The quantitative estimate of drug-likeness (QED) is 0.108. The number of aryl methyl sites for hydroxylation is 1. The van der Waals surface area contributed by atoms with E-state index in [1.807, 2.05) is 65.6 Å². The van der Waals surface area contributed by atoms with E-state index in [1.165, 1.54) is 11.1 Å². The highest BCUT2D eigenvalue weighted by atomic mass is 32.2. The van der Waals surface area contributed by atoms with Crippen LogP contribution in [0.2, 0.25) is 0 Å². The Morgan fingerprint density at radius 1 is 0.857 bits per heavy atom. The smallest absolute Gasteiger partial charge is 0.222 e. The van der Waals surface area contributed by atoms with Crippen molar-refractivity contribution in [2.45, 2.75) is 37.9 Å². The van der Waals surface area contributed by atoms with E-state index in [0.717, 1.165) is 52.1 Å². The molecule has 0 saturated heterocycles. The van der Waals surface area contributed by atoms with Crippen LogP contribution in [0.3, 0.4) is 0 Å². The molecule has 42 heavy (non-hydrogen) atoms. The highest BCUT2D eigenvalue weighted by Gasteiger charge is 2.18. The maximum Gasteiger partial charge on any atom is 0.222 e. The van der Waals surface area contributed by atoms with Crippen LogP contribution in [0.5, 0.6) is 5.75 Å². The van der Waals surface area contributed by atoms with Crippen LogP contribution in [0.15, 0.2) is 114 Å². The first-order valence-electron chi connectivity index (χ1n) is 14.3. The number of benzene rings is 4. The Morgan fingerprint density at radius 3 is 2.29 bits per heavy atom. The van der Waals surface area contributed by atoms with Gasteiger partial charge in [0.25, 0.3) is 0 Å². The summed E-state index contributed by atoms with van der Waals surface area (Å²) in [6.07, 6.45) is 2.06. The number of ether oxygens (including phenoxy) is 1. The van der Waals surface area contributed by atoms with Gasteiger partial charge in [0.15, 0.2) is 11.0 Å². The van der Waals surface area contributed by atoms with E-state index in [1.54, 1.807) is 18.9 Å². The molecule has 7 heteroatoms. The molecule has 0 atom stereocenters. The Morgan fingerprint density at radius 2 is 1.57 bits per heavy atom. The van der Waals surface area contributed by atoms with E-state index in [4.69, 9.17) is 4.74 Å². The zero-order valence-corrected chi connectivity index (χ0v) is 25.0. The lowest BCUT2D eigenvalue weighted by atomic mass is 10.1. The average Bonchev–Trinajstić information content (AvgIpc) is 3.46. The van der Waals surface area contributed by atoms with E-state index in [2.05, 4.69) is 70.2 Å². The van der Waals surface area contributed by atoms with Gasteiger partial charge in [-0.2, -0.15) is 0 Å². The zero-order valence-electron chi connectivity index (χ0n) is 24.1. The summed E-state index contributed by atoms with van der Waals surface area (Å²) in [5, 5.41) is 9.92. The maximum atomic E-state index is 13.4. The molecule has 6 nitrogen and oxygen atoms in total.